The van der Waals surface area contributed by atoms with Crippen molar-refractivity contribution >= 4 is 11.9 Å². The molecule has 1 heterocycles. The van der Waals surface area contributed by atoms with Crippen LogP contribution in [0.25, 0.3) is 0 Å². The molecule has 114 valence electrons. The minimum atomic E-state index is -1.08. The van der Waals surface area contributed by atoms with Crippen molar-refractivity contribution in [2.45, 2.75) is 6.04 Å². The number of carboxylic acid groups (broad SMARTS) is 1. The summed E-state index contributed by atoms with van der Waals surface area (Å²) in [5.41, 5.74) is 0. The van der Waals surface area contributed by atoms with E-state index in [0.29, 0.717) is 18.1 Å². The van der Waals surface area contributed by atoms with Gasteiger partial charge in [0.1, 0.15) is 11.5 Å². The number of hydrogen-bond donors (Lipinski definition) is 1. The van der Waals surface area contributed by atoms with E-state index in [0.717, 1.165) is 0 Å². The highest BCUT2D eigenvalue weighted by molar-refractivity contribution is 5.84. The highest BCUT2D eigenvalue weighted by Gasteiger charge is 2.32. The Morgan fingerprint density at radius 3 is 2.90 bits per heavy atom. The van der Waals surface area contributed by atoms with Crippen molar-refractivity contribution in [3.63, 3.8) is 0 Å². The van der Waals surface area contributed by atoms with Crippen LogP contribution in [0, 0.1) is 0 Å². The van der Waals surface area contributed by atoms with E-state index in [1.807, 2.05) is 0 Å². The monoisotopic (exact) mass is 295 g/mol. The second-order valence-electron chi connectivity index (χ2n) is 4.48. The summed E-state index contributed by atoms with van der Waals surface area (Å²) in [7, 11) is 1.54. The molecule has 0 saturated carbocycles. The van der Waals surface area contributed by atoms with E-state index < -0.39 is 12.0 Å². The zero-order chi connectivity index (χ0) is 15.2. The van der Waals surface area contributed by atoms with E-state index in [-0.39, 0.29) is 25.7 Å². The summed E-state index contributed by atoms with van der Waals surface area (Å²) in [6.07, 6.45) is 0. The first-order valence-electron chi connectivity index (χ1n) is 6.48. The second-order valence-corrected chi connectivity index (χ2v) is 4.48. The van der Waals surface area contributed by atoms with Crippen molar-refractivity contribution in [2.24, 2.45) is 0 Å². The molecule has 1 aliphatic heterocycles. The lowest BCUT2D eigenvalue weighted by Crippen LogP contribution is -2.53. The van der Waals surface area contributed by atoms with Crippen molar-refractivity contribution in [3.05, 3.63) is 24.3 Å². The topological polar surface area (TPSA) is 85.3 Å². The summed E-state index contributed by atoms with van der Waals surface area (Å²) in [4.78, 5) is 24.5. The SMILES string of the molecule is COc1cccc(OCC(=O)N2CCOCC2C(=O)O)c1. The zero-order valence-corrected chi connectivity index (χ0v) is 11.7. The van der Waals surface area contributed by atoms with Crippen molar-refractivity contribution in [1.29, 1.82) is 0 Å². The number of carbonyl (C=O) groups is 2. The number of hydrogen-bond acceptors (Lipinski definition) is 5. The molecule has 21 heavy (non-hydrogen) atoms. The van der Waals surface area contributed by atoms with Gasteiger partial charge in [0, 0.05) is 12.6 Å². The first kappa shape index (κ1) is 15.1. The van der Waals surface area contributed by atoms with Gasteiger partial charge in [-0.05, 0) is 12.1 Å². The molecule has 1 aromatic carbocycles. The zero-order valence-electron chi connectivity index (χ0n) is 11.7. The molecule has 0 aliphatic carbocycles. The van der Waals surface area contributed by atoms with Crippen LogP contribution in [0.3, 0.4) is 0 Å². The van der Waals surface area contributed by atoms with Crippen LogP contribution in [0.5, 0.6) is 11.5 Å². The number of carbonyl (C=O) groups excluding carboxylic acids is 1. The van der Waals surface area contributed by atoms with Gasteiger partial charge in [-0.15, -0.1) is 0 Å². The van der Waals surface area contributed by atoms with Crippen molar-refractivity contribution < 1.29 is 28.9 Å². The van der Waals surface area contributed by atoms with Gasteiger partial charge in [-0.2, -0.15) is 0 Å². The lowest BCUT2D eigenvalue weighted by Gasteiger charge is -2.32. The van der Waals surface area contributed by atoms with Crippen LogP contribution in [0.2, 0.25) is 0 Å². The fourth-order valence-corrected chi connectivity index (χ4v) is 2.03. The summed E-state index contributed by atoms with van der Waals surface area (Å²) < 4.78 is 15.5. The molecule has 1 aromatic rings. The predicted octanol–water partition coefficient (Wildman–Crippen LogP) is 0.386. The average Bonchev–Trinajstić information content (AvgIpc) is 2.52. The van der Waals surface area contributed by atoms with Gasteiger partial charge in [0.25, 0.3) is 5.91 Å². The molecule has 0 bridgehead atoms. The highest BCUT2D eigenvalue weighted by Crippen LogP contribution is 2.19. The molecule has 7 nitrogen and oxygen atoms in total. The van der Waals surface area contributed by atoms with E-state index in [9.17, 15) is 9.59 Å². The third kappa shape index (κ3) is 3.85. The molecule has 1 fully saturated rings. The summed E-state index contributed by atoms with van der Waals surface area (Å²) in [5, 5.41) is 9.08. The van der Waals surface area contributed by atoms with Gasteiger partial charge < -0.3 is 24.2 Å². The fourth-order valence-electron chi connectivity index (χ4n) is 2.03. The van der Waals surface area contributed by atoms with Crippen LogP contribution in [0.1, 0.15) is 0 Å². The van der Waals surface area contributed by atoms with Gasteiger partial charge in [-0.1, -0.05) is 6.07 Å². The Bertz CT molecular complexity index is 518. The minimum absolute atomic E-state index is 0.000231. The summed E-state index contributed by atoms with van der Waals surface area (Å²) in [5.74, 6) is -0.351. The maximum absolute atomic E-state index is 12.1. The third-order valence-electron chi connectivity index (χ3n) is 3.14. The van der Waals surface area contributed by atoms with Gasteiger partial charge in [-0.25, -0.2) is 4.79 Å². The Balaban J connectivity index is 1.95. The average molecular weight is 295 g/mol. The van der Waals surface area contributed by atoms with Crippen LogP contribution in [-0.4, -0.2) is 61.4 Å². The molecule has 1 aliphatic rings. The number of benzene rings is 1. The van der Waals surface area contributed by atoms with Crippen LogP contribution >= 0.6 is 0 Å². The van der Waals surface area contributed by atoms with E-state index in [1.54, 1.807) is 24.3 Å². The highest BCUT2D eigenvalue weighted by atomic mass is 16.5. The van der Waals surface area contributed by atoms with Gasteiger partial charge >= 0.3 is 5.97 Å². The van der Waals surface area contributed by atoms with Gasteiger partial charge in [-0.3, -0.25) is 4.79 Å². The number of methoxy groups -OCH3 is 1. The van der Waals surface area contributed by atoms with Gasteiger partial charge in [0.2, 0.25) is 0 Å². The molecule has 7 heteroatoms. The Kier molecular flexibility index (Phi) is 4.99. The van der Waals surface area contributed by atoms with E-state index in [2.05, 4.69) is 0 Å². The Labute approximate surface area is 122 Å². The normalized spacial score (nSPS) is 18.1. The lowest BCUT2D eigenvalue weighted by atomic mass is 10.2. The van der Waals surface area contributed by atoms with E-state index in [4.69, 9.17) is 19.3 Å². The smallest absolute Gasteiger partial charge is 0.328 e. The first-order valence-corrected chi connectivity index (χ1v) is 6.48. The molecule has 0 radical (unpaired) electrons. The molecule has 0 aromatic heterocycles. The molecule has 1 N–H and O–H groups in total. The number of morpholine rings is 1. The number of nitrogens with zero attached hydrogens (tertiary/aromatic N) is 1. The second kappa shape index (κ2) is 6.94. The maximum atomic E-state index is 12.1. The molecule has 1 amide bonds. The Morgan fingerprint density at radius 2 is 2.19 bits per heavy atom. The molecule has 2 rings (SSSR count). The van der Waals surface area contributed by atoms with Gasteiger partial charge in [0.15, 0.2) is 12.6 Å². The summed E-state index contributed by atoms with van der Waals surface area (Å²) in [6, 6.07) is 5.90. The number of amides is 1. The Morgan fingerprint density at radius 1 is 1.43 bits per heavy atom. The summed E-state index contributed by atoms with van der Waals surface area (Å²) in [6.45, 7) is 0.350. The fraction of sp³-hybridized carbons (Fsp3) is 0.429. The van der Waals surface area contributed by atoms with Crippen molar-refractivity contribution in [3.8, 4) is 11.5 Å². The van der Waals surface area contributed by atoms with Gasteiger partial charge in [0.05, 0.1) is 20.3 Å². The van der Waals surface area contributed by atoms with Crippen LogP contribution in [0.15, 0.2) is 24.3 Å². The molecular weight excluding hydrogens is 278 g/mol. The number of carboxylic acids is 1. The van der Waals surface area contributed by atoms with Crippen molar-refractivity contribution in [1.82, 2.24) is 4.90 Å². The van der Waals surface area contributed by atoms with E-state index >= 15 is 0 Å². The molecule has 1 saturated heterocycles. The number of aliphatic carboxylic acids is 1. The standard InChI is InChI=1S/C14H17NO6/c1-19-10-3-2-4-11(7-10)21-9-13(16)15-5-6-20-8-12(15)14(17)18/h2-4,7,12H,5-6,8-9H2,1H3,(H,17,18). The number of ether oxygens (including phenoxy) is 3. The third-order valence-corrected chi connectivity index (χ3v) is 3.14. The van der Waals surface area contributed by atoms with Crippen LogP contribution < -0.4 is 9.47 Å². The molecular formula is C14H17NO6. The predicted molar refractivity (Wildman–Crippen MR) is 72.4 cm³/mol. The Hall–Kier alpha value is -2.28. The minimum Gasteiger partial charge on any atom is -0.497 e. The lowest BCUT2D eigenvalue weighted by molar-refractivity contribution is -0.159. The maximum Gasteiger partial charge on any atom is 0.328 e. The molecule has 1 unspecified atom stereocenters. The van der Waals surface area contributed by atoms with E-state index in [1.165, 1.54) is 12.0 Å². The summed E-state index contributed by atoms with van der Waals surface area (Å²) >= 11 is 0. The van der Waals surface area contributed by atoms with Crippen LogP contribution in [-0.2, 0) is 14.3 Å². The largest absolute Gasteiger partial charge is 0.497 e. The quantitative estimate of drug-likeness (QED) is 0.845. The first-order chi connectivity index (χ1) is 10.1. The van der Waals surface area contributed by atoms with Crippen LogP contribution in [0.4, 0.5) is 0 Å². The molecule has 1 atom stereocenters. The van der Waals surface area contributed by atoms with Crippen molar-refractivity contribution in [2.75, 3.05) is 33.5 Å². The number of rotatable bonds is 5. The molecule has 0 spiro atoms.